The first-order valence-electron chi connectivity index (χ1n) is 14.0. The van der Waals surface area contributed by atoms with Gasteiger partial charge in [0, 0.05) is 7.11 Å². The zero-order chi connectivity index (χ0) is 28.9. The maximum atomic E-state index is 13.1. The van der Waals surface area contributed by atoms with Gasteiger partial charge >= 0.3 is 5.97 Å². The van der Waals surface area contributed by atoms with Crippen LogP contribution in [0.3, 0.4) is 0 Å². The van der Waals surface area contributed by atoms with E-state index >= 15 is 0 Å². The Morgan fingerprint density at radius 2 is 1.32 bits per heavy atom. The zero-order valence-corrected chi connectivity index (χ0v) is 23.8. The Balaban J connectivity index is 1.58. The van der Waals surface area contributed by atoms with Gasteiger partial charge < -0.3 is 28.4 Å². The number of ether oxygens (including phenoxy) is 6. The smallest absolute Gasteiger partial charge is 0.306 e. The molecule has 218 valence electrons. The van der Waals surface area contributed by atoms with Gasteiger partial charge in [-0.1, -0.05) is 104 Å². The van der Waals surface area contributed by atoms with Crippen molar-refractivity contribution < 1.29 is 33.2 Å². The van der Waals surface area contributed by atoms with E-state index in [9.17, 15) is 4.79 Å². The summed E-state index contributed by atoms with van der Waals surface area (Å²) >= 11 is 0. The Morgan fingerprint density at radius 3 is 1.83 bits per heavy atom. The van der Waals surface area contributed by atoms with Crippen LogP contribution in [-0.4, -0.2) is 50.4 Å². The lowest BCUT2D eigenvalue weighted by Gasteiger charge is -2.45. The van der Waals surface area contributed by atoms with Gasteiger partial charge in [-0.15, -0.1) is 6.58 Å². The Bertz CT molecular complexity index is 1170. The number of methoxy groups -OCH3 is 1. The van der Waals surface area contributed by atoms with Crippen molar-refractivity contribution in [1.29, 1.82) is 0 Å². The minimum atomic E-state index is -0.810. The molecule has 0 N–H and O–H groups in total. The number of carbonyl (C=O) groups is 1. The monoisotopic (exact) mass is 560 g/mol. The second-order valence-electron chi connectivity index (χ2n) is 10.2. The van der Waals surface area contributed by atoms with E-state index < -0.39 is 30.7 Å². The van der Waals surface area contributed by atoms with Crippen LogP contribution >= 0.6 is 0 Å². The molecule has 4 rings (SSSR count). The van der Waals surface area contributed by atoms with Crippen molar-refractivity contribution in [3.05, 3.63) is 120 Å². The molecule has 1 aliphatic rings. The molecule has 3 aromatic rings. The number of carbonyl (C=O) groups excluding carboxylic acids is 1. The zero-order valence-electron chi connectivity index (χ0n) is 23.8. The summed E-state index contributed by atoms with van der Waals surface area (Å²) in [4.78, 5) is 13.1. The van der Waals surface area contributed by atoms with Crippen molar-refractivity contribution in [1.82, 2.24) is 0 Å². The normalized spacial score (nSPS) is 23.0. The van der Waals surface area contributed by atoms with E-state index in [-0.39, 0.29) is 31.5 Å². The average Bonchev–Trinajstić information content (AvgIpc) is 3.01. The van der Waals surface area contributed by atoms with E-state index in [0.29, 0.717) is 13.2 Å². The molecular formula is C34H40O7. The first kappa shape index (κ1) is 30.6. The molecule has 0 aromatic heterocycles. The van der Waals surface area contributed by atoms with Crippen LogP contribution in [0.5, 0.6) is 0 Å². The summed E-state index contributed by atoms with van der Waals surface area (Å²) in [5.74, 6) is -0.414. The van der Waals surface area contributed by atoms with E-state index in [2.05, 4.69) is 6.58 Å². The first-order valence-corrected chi connectivity index (χ1v) is 14.0. The molecule has 1 saturated heterocycles. The van der Waals surface area contributed by atoms with Crippen LogP contribution in [0.2, 0.25) is 0 Å². The summed E-state index contributed by atoms with van der Waals surface area (Å²) in [6.07, 6.45) is -1.71. The second-order valence-corrected chi connectivity index (χ2v) is 10.2. The summed E-state index contributed by atoms with van der Waals surface area (Å²) in [5, 5.41) is 0. The van der Waals surface area contributed by atoms with Crippen molar-refractivity contribution >= 4 is 5.97 Å². The molecule has 6 atom stereocenters. The summed E-state index contributed by atoms with van der Waals surface area (Å²) in [7, 11) is 1.55. The highest BCUT2D eigenvalue weighted by Crippen LogP contribution is 2.31. The number of hydrogen-bond donors (Lipinski definition) is 0. The minimum absolute atomic E-state index is 0.0436. The van der Waals surface area contributed by atoms with Gasteiger partial charge in [0.05, 0.1) is 32.8 Å². The SMILES string of the molecule is C=C[C@H](C)CC(=O)O[C@H]1[C@@H](OCc2ccccc2)[C@@H](COCc2ccccc2)O[C@H](OC)[C@@H]1OCc1ccccc1. The minimum Gasteiger partial charge on any atom is -0.456 e. The lowest BCUT2D eigenvalue weighted by atomic mass is 9.97. The summed E-state index contributed by atoms with van der Waals surface area (Å²) in [6.45, 7) is 6.91. The number of allylic oxidation sites excluding steroid dienone is 1. The topological polar surface area (TPSA) is 72.5 Å². The molecule has 3 aromatic carbocycles. The highest BCUT2D eigenvalue weighted by molar-refractivity contribution is 5.70. The Kier molecular flexibility index (Phi) is 12.1. The van der Waals surface area contributed by atoms with Crippen molar-refractivity contribution in [3.8, 4) is 0 Å². The van der Waals surface area contributed by atoms with Gasteiger partial charge in [-0.2, -0.15) is 0 Å². The van der Waals surface area contributed by atoms with Crippen LogP contribution in [-0.2, 0) is 53.0 Å². The van der Waals surface area contributed by atoms with Gasteiger partial charge in [-0.25, -0.2) is 0 Å². The second kappa shape index (κ2) is 16.2. The quantitative estimate of drug-likeness (QED) is 0.170. The number of hydrogen-bond acceptors (Lipinski definition) is 7. The van der Waals surface area contributed by atoms with Gasteiger partial charge in [0.2, 0.25) is 0 Å². The predicted octanol–water partition coefficient (Wildman–Crippen LogP) is 5.87. The largest absolute Gasteiger partial charge is 0.456 e. The van der Waals surface area contributed by atoms with Crippen molar-refractivity contribution in [3.63, 3.8) is 0 Å². The van der Waals surface area contributed by atoms with Crippen LogP contribution in [0.4, 0.5) is 0 Å². The molecule has 0 unspecified atom stereocenters. The molecule has 1 aliphatic heterocycles. The Morgan fingerprint density at radius 1 is 0.805 bits per heavy atom. The van der Waals surface area contributed by atoms with E-state index in [4.69, 9.17) is 28.4 Å². The van der Waals surface area contributed by atoms with Crippen LogP contribution < -0.4 is 0 Å². The molecule has 1 fully saturated rings. The van der Waals surface area contributed by atoms with Crippen molar-refractivity contribution in [2.45, 2.75) is 63.9 Å². The molecule has 0 aliphatic carbocycles. The van der Waals surface area contributed by atoms with E-state index in [1.807, 2.05) is 97.9 Å². The number of rotatable bonds is 15. The predicted molar refractivity (Wildman–Crippen MR) is 156 cm³/mol. The van der Waals surface area contributed by atoms with Gasteiger partial charge in [-0.05, 0) is 22.6 Å². The fraction of sp³-hybridized carbons (Fsp3) is 0.382. The van der Waals surface area contributed by atoms with E-state index in [0.717, 1.165) is 16.7 Å². The third kappa shape index (κ3) is 9.35. The maximum absolute atomic E-state index is 13.1. The molecule has 0 saturated carbocycles. The fourth-order valence-corrected chi connectivity index (χ4v) is 4.66. The lowest BCUT2D eigenvalue weighted by molar-refractivity contribution is -0.317. The van der Waals surface area contributed by atoms with Gasteiger partial charge in [0.15, 0.2) is 12.4 Å². The van der Waals surface area contributed by atoms with Crippen LogP contribution in [0, 0.1) is 5.92 Å². The van der Waals surface area contributed by atoms with Crippen molar-refractivity contribution in [2.75, 3.05) is 13.7 Å². The van der Waals surface area contributed by atoms with Gasteiger partial charge in [0.25, 0.3) is 0 Å². The third-order valence-corrected chi connectivity index (χ3v) is 6.95. The summed E-state index contributed by atoms with van der Waals surface area (Å²) in [5.41, 5.74) is 3.00. The number of esters is 1. The maximum Gasteiger partial charge on any atom is 0.306 e. The molecule has 7 heteroatoms. The average molecular weight is 561 g/mol. The standard InChI is InChI=1S/C34H40O7/c1-4-25(2)20-30(35)41-32-31(38-22-27-16-10-6-11-17-27)29(24-37-21-26-14-8-5-9-15-26)40-34(36-3)33(32)39-23-28-18-12-7-13-19-28/h4-19,25,29,31-34H,1,20-24H2,2-3H3/t25-,29+,31-,32-,33+,34-/m0/s1. The fourth-order valence-electron chi connectivity index (χ4n) is 4.66. The Hall–Kier alpha value is -3.33. The molecular weight excluding hydrogens is 520 g/mol. The molecule has 41 heavy (non-hydrogen) atoms. The molecule has 0 bridgehead atoms. The third-order valence-electron chi connectivity index (χ3n) is 6.95. The van der Waals surface area contributed by atoms with Gasteiger partial charge in [0.1, 0.15) is 18.3 Å². The van der Waals surface area contributed by atoms with Crippen LogP contribution in [0.25, 0.3) is 0 Å². The van der Waals surface area contributed by atoms with Crippen molar-refractivity contribution in [2.24, 2.45) is 5.92 Å². The van der Waals surface area contributed by atoms with Crippen LogP contribution in [0.1, 0.15) is 30.0 Å². The molecule has 7 nitrogen and oxygen atoms in total. The first-order chi connectivity index (χ1) is 20.1. The van der Waals surface area contributed by atoms with E-state index in [1.165, 1.54) is 0 Å². The van der Waals surface area contributed by atoms with E-state index in [1.54, 1.807) is 13.2 Å². The summed E-state index contributed by atoms with van der Waals surface area (Å²) < 4.78 is 37.2. The molecule has 0 amide bonds. The molecule has 1 heterocycles. The van der Waals surface area contributed by atoms with Crippen LogP contribution in [0.15, 0.2) is 104 Å². The highest BCUT2D eigenvalue weighted by atomic mass is 16.7. The number of benzene rings is 3. The lowest BCUT2D eigenvalue weighted by Crippen LogP contribution is -2.62. The van der Waals surface area contributed by atoms with Gasteiger partial charge in [-0.3, -0.25) is 4.79 Å². The Labute approximate surface area is 243 Å². The molecule has 0 radical (unpaired) electrons. The highest BCUT2D eigenvalue weighted by Gasteiger charge is 2.50. The molecule has 0 spiro atoms. The summed E-state index contributed by atoms with van der Waals surface area (Å²) in [6, 6.07) is 29.5.